The van der Waals surface area contributed by atoms with E-state index in [9.17, 15) is 22.8 Å². The minimum absolute atomic E-state index is 0.0154. The molecule has 2 saturated heterocycles. The van der Waals surface area contributed by atoms with Gasteiger partial charge in [0.15, 0.2) is 11.6 Å². The highest BCUT2D eigenvalue weighted by Gasteiger charge is 2.41. The maximum atomic E-state index is 16.7. The number of nitrogens with zero attached hydrogens (tertiary/aromatic N) is 6. The quantitative estimate of drug-likeness (QED) is 0.172. The number of alkyl halides is 3. The highest BCUT2D eigenvalue weighted by atomic mass is 35.5. The summed E-state index contributed by atoms with van der Waals surface area (Å²) in [6.07, 6.45) is 1.32. The summed E-state index contributed by atoms with van der Waals surface area (Å²) in [7, 11) is 1.24. The van der Waals surface area contributed by atoms with E-state index in [1.165, 1.54) is 37.1 Å². The molecule has 0 bridgehead atoms. The lowest BCUT2D eigenvalue weighted by atomic mass is 9.96. The van der Waals surface area contributed by atoms with E-state index in [2.05, 4.69) is 19.9 Å². The predicted octanol–water partition coefficient (Wildman–Crippen LogP) is 7.67. The molecule has 52 heavy (non-hydrogen) atoms. The van der Waals surface area contributed by atoms with Crippen molar-refractivity contribution >= 4 is 60.6 Å². The van der Waals surface area contributed by atoms with Crippen molar-refractivity contribution in [1.29, 1.82) is 5.26 Å². The smallest absolute Gasteiger partial charge is 0.318 e. The van der Waals surface area contributed by atoms with Crippen LogP contribution in [0.5, 0.6) is 11.8 Å². The molecule has 4 N–H and O–H groups in total. The van der Waals surface area contributed by atoms with Gasteiger partial charge in [-0.3, -0.25) is 4.90 Å². The van der Waals surface area contributed by atoms with Gasteiger partial charge in [-0.05, 0) is 50.4 Å². The Hall–Kier alpha value is -4.72. The lowest BCUT2D eigenvalue weighted by molar-refractivity contribution is 0.0832. The molecular formula is C35H32ClF5N8O2S. The van der Waals surface area contributed by atoms with E-state index in [4.69, 9.17) is 32.5 Å². The monoisotopic (exact) mass is 758 g/mol. The second-order valence-corrected chi connectivity index (χ2v) is 14.2. The topological polar surface area (TPSA) is 139 Å². The van der Waals surface area contributed by atoms with Crippen LogP contribution in [0.1, 0.15) is 43.4 Å². The van der Waals surface area contributed by atoms with Crippen LogP contribution in [0.4, 0.5) is 38.6 Å². The molecule has 17 heteroatoms. The molecule has 0 amide bonds. The van der Waals surface area contributed by atoms with Crippen LogP contribution in [0.15, 0.2) is 30.5 Å². The van der Waals surface area contributed by atoms with Crippen LogP contribution in [-0.4, -0.2) is 71.3 Å². The number of benzene rings is 2. The molecule has 272 valence electrons. The molecule has 2 fully saturated rings. The molecular weight excluding hydrogens is 727 g/mol. The number of ether oxygens (including phenoxy) is 2. The van der Waals surface area contributed by atoms with Crippen LogP contribution in [0.2, 0.25) is 5.02 Å². The Morgan fingerprint density at radius 3 is 2.65 bits per heavy atom. The lowest BCUT2D eigenvalue weighted by Gasteiger charge is -2.36. The minimum Gasteiger partial charge on any atom is -0.489 e. The van der Waals surface area contributed by atoms with Gasteiger partial charge in [0.2, 0.25) is 0 Å². The van der Waals surface area contributed by atoms with Gasteiger partial charge in [-0.25, -0.2) is 26.9 Å². The van der Waals surface area contributed by atoms with Crippen molar-refractivity contribution < 1.29 is 31.4 Å². The molecule has 3 aromatic heterocycles. The summed E-state index contributed by atoms with van der Waals surface area (Å²) in [5.74, 6) is -1.88. The highest BCUT2D eigenvalue weighted by Crippen LogP contribution is 2.52. The molecule has 8 rings (SSSR count). The van der Waals surface area contributed by atoms with Crippen LogP contribution in [0, 0.1) is 23.0 Å². The number of fused-ring (bicyclic) bond motifs is 2. The summed E-state index contributed by atoms with van der Waals surface area (Å²) in [5.41, 5.74) is 11.8. The van der Waals surface area contributed by atoms with Crippen molar-refractivity contribution in [1.82, 2.24) is 19.9 Å². The number of halogens is 6. The van der Waals surface area contributed by atoms with Gasteiger partial charge in [-0.15, -0.1) is 11.3 Å². The van der Waals surface area contributed by atoms with E-state index in [0.717, 1.165) is 30.4 Å². The van der Waals surface area contributed by atoms with Gasteiger partial charge in [0.25, 0.3) is 6.43 Å². The molecule has 0 aliphatic carbocycles. The van der Waals surface area contributed by atoms with Gasteiger partial charge in [-0.1, -0.05) is 23.7 Å². The Labute approximate surface area is 303 Å². The number of methoxy groups -OCH3 is 1. The number of anilines is 3. The third kappa shape index (κ3) is 5.94. The molecule has 10 nitrogen and oxygen atoms in total. The van der Waals surface area contributed by atoms with Crippen molar-refractivity contribution in [3.05, 3.63) is 58.2 Å². The standard InChI is InChI=1S/C28H20ClF4N7O2S.C7H12FN/c1-10(11-4-3-7-37-25(11)35)40-15(24(32)33)9-42-22-18-21(38-28(41-2)39-27(18)40)20(31)17(19(22)29)12-5-6-14(30)23-16(12)13(8-34)26(36)43-23;8-6-4-7-2-1-3-9(7)5-6/h3-7,10,15,24H,9,36H2,1-2H3,(H2,35,37);6-7H,1-5H2. The van der Waals surface area contributed by atoms with Crippen molar-refractivity contribution in [2.75, 3.05) is 43.2 Å². The van der Waals surface area contributed by atoms with Crippen molar-refractivity contribution in [2.45, 2.75) is 56.9 Å². The number of hydrogen-bond donors (Lipinski definition) is 2. The largest absolute Gasteiger partial charge is 0.489 e. The number of nitriles is 1. The Kier molecular flexibility index (Phi) is 9.62. The summed E-state index contributed by atoms with van der Waals surface area (Å²) in [6, 6.07) is 5.35. The zero-order chi connectivity index (χ0) is 37.0. The number of pyridine rings is 1. The van der Waals surface area contributed by atoms with Crippen LogP contribution in [-0.2, 0) is 0 Å². The molecule has 2 aromatic carbocycles. The first-order valence-corrected chi connectivity index (χ1v) is 17.6. The molecule has 4 unspecified atom stereocenters. The number of rotatable bonds is 5. The second kappa shape index (κ2) is 14.0. The van der Waals surface area contributed by atoms with Gasteiger partial charge < -0.3 is 25.8 Å². The first-order valence-electron chi connectivity index (χ1n) is 16.4. The summed E-state index contributed by atoms with van der Waals surface area (Å²) >= 11 is 7.65. The van der Waals surface area contributed by atoms with Crippen LogP contribution in [0.25, 0.3) is 32.1 Å². The Morgan fingerprint density at radius 2 is 1.96 bits per heavy atom. The Balaban J connectivity index is 0.000000404. The fraction of sp³-hybridized carbons (Fsp3) is 0.371. The SMILES string of the molecule is COc1nc2c3c(c(Cl)c(-c4ccc(F)c5sc(N)c(C#N)c45)c(F)c3n1)OCC(C(F)F)N2C(C)c1cccnc1N.FC1CC2CCCN2C1. The first-order chi connectivity index (χ1) is 24.9. The Bertz CT molecular complexity index is 2220. The zero-order valence-corrected chi connectivity index (χ0v) is 29.4. The first kappa shape index (κ1) is 35.7. The maximum Gasteiger partial charge on any atom is 0.318 e. The summed E-state index contributed by atoms with van der Waals surface area (Å²) < 4.78 is 84.7. The average Bonchev–Trinajstić information content (AvgIpc) is 3.77. The van der Waals surface area contributed by atoms with Crippen molar-refractivity contribution in [3.63, 3.8) is 0 Å². The fourth-order valence-electron chi connectivity index (χ4n) is 7.42. The molecule has 4 atom stereocenters. The fourth-order valence-corrected chi connectivity index (χ4v) is 8.71. The number of nitrogens with two attached hydrogens (primary N) is 2. The average molecular weight is 759 g/mol. The summed E-state index contributed by atoms with van der Waals surface area (Å²) in [5, 5.41) is 9.45. The van der Waals surface area contributed by atoms with Gasteiger partial charge in [0.1, 0.15) is 52.9 Å². The number of hydrogen-bond acceptors (Lipinski definition) is 11. The second-order valence-electron chi connectivity index (χ2n) is 12.7. The molecule has 6 heterocycles. The van der Waals surface area contributed by atoms with E-state index >= 15 is 4.39 Å². The van der Waals surface area contributed by atoms with Crippen LogP contribution < -0.4 is 25.8 Å². The molecule has 0 spiro atoms. The summed E-state index contributed by atoms with van der Waals surface area (Å²) in [6.45, 7) is 2.89. The molecule has 0 radical (unpaired) electrons. The van der Waals surface area contributed by atoms with Crippen molar-refractivity contribution in [3.8, 4) is 29.0 Å². The van der Waals surface area contributed by atoms with Gasteiger partial charge >= 0.3 is 6.01 Å². The predicted molar refractivity (Wildman–Crippen MR) is 190 cm³/mol. The van der Waals surface area contributed by atoms with Crippen molar-refractivity contribution in [2.24, 2.45) is 0 Å². The maximum absolute atomic E-state index is 16.7. The van der Waals surface area contributed by atoms with E-state index < -0.39 is 42.9 Å². The number of aromatic nitrogens is 3. The van der Waals surface area contributed by atoms with E-state index in [1.807, 2.05) is 6.07 Å². The van der Waals surface area contributed by atoms with Crippen LogP contribution in [0.3, 0.4) is 0 Å². The Morgan fingerprint density at radius 1 is 1.17 bits per heavy atom. The van der Waals surface area contributed by atoms with E-state index in [0.29, 0.717) is 18.2 Å². The normalized spacial score (nSPS) is 20.3. The number of thiophene rings is 1. The summed E-state index contributed by atoms with van der Waals surface area (Å²) in [4.78, 5) is 16.2. The van der Waals surface area contributed by atoms with Gasteiger partial charge in [-0.2, -0.15) is 15.2 Å². The molecule has 3 aliphatic heterocycles. The van der Waals surface area contributed by atoms with Crippen LogP contribution >= 0.6 is 22.9 Å². The minimum atomic E-state index is -2.96. The van der Waals surface area contributed by atoms with Gasteiger partial charge in [0.05, 0.1) is 33.8 Å². The third-order valence-electron chi connectivity index (χ3n) is 9.81. The molecule has 0 saturated carbocycles. The number of nitrogen functional groups attached to an aromatic ring is 2. The zero-order valence-electron chi connectivity index (χ0n) is 27.8. The van der Waals surface area contributed by atoms with Gasteiger partial charge in [0, 0.05) is 35.3 Å². The van der Waals surface area contributed by atoms with E-state index in [1.54, 1.807) is 19.1 Å². The van der Waals surface area contributed by atoms with E-state index in [-0.39, 0.29) is 71.1 Å². The molecule has 3 aliphatic rings. The molecule has 5 aromatic rings. The highest BCUT2D eigenvalue weighted by molar-refractivity contribution is 7.23. The lowest BCUT2D eigenvalue weighted by Crippen LogP contribution is -2.46. The third-order valence-corrected chi connectivity index (χ3v) is 11.2.